The van der Waals surface area contributed by atoms with Gasteiger partial charge < -0.3 is 10.1 Å². The second-order valence-electron chi connectivity index (χ2n) is 7.02. The van der Waals surface area contributed by atoms with Crippen LogP contribution in [0.1, 0.15) is 18.5 Å². The summed E-state index contributed by atoms with van der Waals surface area (Å²) in [4.78, 5) is 12.5. The van der Waals surface area contributed by atoms with E-state index >= 15 is 0 Å². The first-order chi connectivity index (χ1) is 14.7. The number of ether oxygens (including phenoxy) is 1. The second kappa shape index (κ2) is 9.61. The summed E-state index contributed by atoms with van der Waals surface area (Å²) in [6, 6.07) is 21.0. The van der Waals surface area contributed by atoms with E-state index < -0.39 is 22.0 Å². The maximum atomic E-state index is 13.1. The van der Waals surface area contributed by atoms with Crippen LogP contribution in [0.4, 0.5) is 10.1 Å². The third-order valence-corrected chi connectivity index (χ3v) is 5.68. The zero-order valence-corrected chi connectivity index (χ0v) is 18.0. The van der Waals surface area contributed by atoms with Gasteiger partial charge in [0.25, 0.3) is 0 Å². The van der Waals surface area contributed by atoms with Gasteiger partial charge in [-0.25, -0.2) is 12.8 Å². The summed E-state index contributed by atoms with van der Waals surface area (Å²) >= 11 is 0. The third-order valence-electron chi connectivity index (χ3n) is 4.54. The number of carbonyl (C=O) groups is 1. The molecule has 6 nitrogen and oxygen atoms in total. The fourth-order valence-corrected chi connectivity index (χ4v) is 3.81. The van der Waals surface area contributed by atoms with Gasteiger partial charge in [0.05, 0.1) is 18.0 Å². The average Bonchev–Trinajstić information content (AvgIpc) is 2.73. The maximum absolute atomic E-state index is 13.1. The Bertz CT molecular complexity index is 1120. The standard InChI is InChI=1S/C23H23FN2O4S/c1-17(18-8-10-19(24)11-9-18)25-23(27)16-26(31(2,28)29)20-12-14-22(15-13-20)30-21-6-4-3-5-7-21/h3-15,17H,16H2,1-2H3,(H,25,27)/t17-/m0/s1. The largest absolute Gasteiger partial charge is 0.457 e. The molecule has 0 radical (unpaired) electrons. The van der Waals surface area contributed by atoms with E-state index in [0.717, 1.165) is 10.6 Å². The summed E-state index contributed by atoms with van der Waals surface area (Å²) < 4.78 is 44.4. The lowest BCUT2D eigenvalue weighted by molar-refractivity contribution is -0.120. The van der Waals surface area contributed by atoms with Crippen molar-refractivity contribution in [2.45, 2.75) is 13.0 Å². The van der Waals surface area contributed by atoms with Crippen LogP contribution in [0.15, 0.2) is 78.9 Å². The second-order valence-corrected chi connectivity index (χ2v) is 8.93. The number of nitrogens with zero attached hydrogens (tertiary/aromatic N) is 1. The van der Waals surface area contributed by atoms with E-state index in [1.165, 1.54) is 12.1 Å². The number of hydrogen-bond acceptors (Lipinski definition) is 4. The van der Waals surface area contributed by atoms with Gasteiger partial charge in [0.15, 0.2) is 0 Å². The number of rotatable bonds is 8. The van der Waals surface area contributed by atoms with Crippen molar-refractivity contribution in [2.75, 3.05) is 17.1 Å². The highest BCUT2D eigenvalue weighted by molar-refractivity contribution is 7.92. The molecule has 3 rings (SSSR count). The monoisotopic (exact) mass is 442 g/mol. The smallest absolute Gasteiger partial charge is 0.241 e. The molecule has 0 fully saturated rings. The number of para-hydroxylation sites is 1. The fraction of sp³-hybridized carbons (Fsp3) is 0.174. The summed E-state index contributed by atoms with van der Waals surface area (Å²) in [6.45, 7) is 1.36. The lowest BCUT2D eigenvalue weighted by atomic mass is 10.1. The minimum atomic E-state index is -3.71. The van der Waals surface area contributed by atoms with Gasteiger partial charge in [-0.1, -0.05) is 30.3 Å². The Balaban J connectivity index is 1.70. The van der Waals surface area contributed by atoms with Crippen molar-refractivity contribution in [3.05, 3.63) is 90.2 Å². The highest BCUT2D eigenvalue weighted by Gasteiger charge is 2.22. The molecule has 1 N–H and O–H groups in total. The van der Waals surface area contributed by atoms with Crippen LogP contribution in [-0.2, 0) is 14.8 Å². The van der Waals surface area contributed by atoms with Crippen LogP contribution < -0.4 is 14.4 Å². The molecule has 1 amide bonds. The molecule has 0 aliphatic rings. The number of hydrogen-bond donors (Lipinski definition) is 1. The van der Waals surface area contributed by atoms with Crippen LogP contribution in [0.3, 0.4) is 0 Å². The summed E-state index contributed by atoms with van der Waals surface area (Å²) in [7, 11) is -3.71. The Morgan fingerprint density at radius 1 is 0.968 bits per heavy atom. The third kappa shape index (κ3) is 6.29. The Morgan fingerprint density at radius 3 is 2.13 bits per heavy atom. The summed E-state index contributed by atoms with van der Waals surface area (Å²) in [5.74, 6) is 0.347. The van der Waals surface area contributed by atoms with Crippen molar-refractivity contribution in [3.8, 4) is 11.5 Å². The van der Waals surface area contributed by atoms with E-state index in [-0.39, 0.29) is 12.4 Å². The molecule has 8 heteroatoms. The molecule has 0 aromatic heterocycles. The zero-order valence-electron chi connectivity index (χ0n) is 17.2. The molecule has 31 heavy (non-hydrogen) atoms. The van der Waals surface area contributed by atoms with Crippen LogP contribution in [0.25, 0.3) is 0 Å². The Hall–Kier alpha value is -3.39. The highest BCUT2D eigenvalue weighted by atomic mass is 32.2. The van der Waals surface area contributed by atoms with Crippen molar-refractivity contribution in [3.63, 3.8) is 0 Å². The normalized spacial score (nSPS) is 12.1. The molecule has 0 aliphatic carbocycles. The molecule has 0 bridgehead atoms. The predicted octanol–water partition coefficient (Wildman–Crippen LogP) is 4.26. The lowest BCUT2D eigenvalue weighted by Gasteiger charge is -2.23. The van der Waals surface area contributed by atoms with Crippen LogP contribution in [0.2, 0.25) is 0 Å². The summed E-state index contributed by atoms with van der Waals surface area (Å²) in [5, 5.41) is 2.74. The minimum Gasteiger partial charge on any atom is -0.457 e. The Labute approximate surface area is 181 Å². The fourth-order valence-electron chi connectivity index (χ4n) is 2.96. The van der Waals surface area contributed by atoms with Crippen molar-refractivity contribution in [1.82, 2.24) is 5.32 Å². The molecule has 3 aromatic rings. The molecule has 0 heterocycles. The van der Waals surface area contributed by atoms with Crippen LogP contribution in [0.5, 0.6) is 11.5 Å². The SMILES string of the molecule is C[C@H](NC(=O)CN(c1ccc(Oc2ccccc2)cc1)S(C)(=O)=O)c1ccc(F)cc1. The van der Waals surface area contributed by atoms with Gasteiger partial charge in [-0.05, 0) is 61.0 Å². The topological polar surface area (TPSA) is 75.7 Å². The van der Waals surface area contributed by atoms with Gasteiger partial charge in [0.1, 0.15) is 23.9 Å². The predicted molar refractivity (Wildman–Crippen MR) is 118 cm³/mol. The van der Waals surface area contributed by atoms with Crippen molar-refractivity contribution < 1.29 is 22.3 Å². The van der Waals surface area contributed by atoms with Gasteiger partial charge in [-0.3, -0.25) is 9.10 Å². The van der Waals surface area contributed by atoms with E-state index in [9.17, 15) is 17.6 Å². The number of anilines is 1. The van der Waals surface area contributed by atoms with Gasteiger partial charge >= 0.3 is 0 Å². The van der Waals surface area contributed by atoms with E-state index in [0.29, 0.717) is 22.7 Å². The molecule has 0 saturated carbocycles. The van der Waals surface area contributed by atoms with Gasteiger partial charge in [-0.15, -0.1) is 0 Å². The molecule has 0 unspecified atom stereocenters. The highest BCUT2D eigenvalue weighted by Crippen LogP contribution is 2.25. The molecule has 3 aromatic carbocycles. The number of sulfonamides is 1. The maximum Gasteiger partial charge on any atom is 0.241 e. The molecule has 0 spiro atoms. The zero-order chi connectivity index (χ0) is 22.4. The molecule has 0 aliphatic heterocycles. The van der Waals surface area contributed by atoms with Crippen molar-refractivity contribution in [2.24, 2.45) is 0 Å². The first-order valence-electron chi connectivity index (χ1n) is 9.58. The Morgan fingerprint density at radius 2 is 1.55 bits per heavy atom. The quantitative estimate of drug-likeness (QED) is 0.566. The number of amides is 1. The van der Waals surface area contributed by atoms with E-state index in [1.54, 1.807) is 43.3 Å². The number of nitrogens with one attached hydrogen (secondary N) is 1. The summed E-state index contributed by atoms with van der Waals surface area (Å²) in [6.07, 6.45) is 1.04. The van der Waals surface area contributed by atoms with E-state index in [2.05, 4.69) is 5.32 Å². The molecule has 1 atom stereocenters. The van der Waals surface area contributed by atoms with Gasteiger partial charge in [0.2, 0.25) is 15.9 Å². The first-order valence-corrected chi connectivity index (χ1v) is 11.4. The van der Waals surface area contributed by atoms with Crippen molar-refractivity contribution in [1.29, 1.82) is 0 Å². The Kier molecular flexibility index (Phi) is 6.91. The van der Waals surface area contributed by atoms with E-state index in [1.807, 2.05) is 30.3 Å². The molecule has 0 saturated heterocycles. The van der Waals surface area contributed by atoms with Gasteiger partial charge in [-0.2, -0.15) is 0 Å². The van der Waals surface area contributed by atoms with Crippen LogP contribution in [-0.4, -0.2) is 27.1 Å². The molecular weight excluding hydrogens is 419 g/mol. The molecular formula is C23H23FN2O4S. The van der Waals surface area contributed by atoms with Crippen LogP contribution >= 0.6 is 0 Å². The average molecular weight is 443 g/mol. The first kappa shape index (κ1) is 22.3. The van der Waals surface area contributed by atoms with Gasteiger partial charge in [0, 0.05) is 0 Å². The lowest BCUT2D eigenvalue weighted by Crippen LogP contribution is -2.41. The number of halogens is 1. The summed E-state index contributed by atoms with van der Waals surface area (Å²) in [5.41, 5.74) is 1.05. The van der Waals surface area contributed by atoms with E-state index in [4.69, 9.17) is 4.74 Å². The number of carbonyl (C=O) groups excluding carboxylic acids is 1. The minimum absolute atomic E-state index is 0.340. The van der Waals surface area contributed by atoms with Crippen molar-refractivity contribution >= 4 is 21.6 Å². The van der Waals surface area contributed by atoms with Crippen LogP contribution in [0, 0.1) is 5.82 Å². The molecule has 162 valence electrons. The number of benzene rings is 3.